The van der Waals surface area contributed by atoms with Gasteiger partial charge in [-0.15, -0.1) is 0 Å². The lowest BCUT2D eigenvalue weighted by Crippen LogP contribution is -2.37. The minimum absolute atomic E-state index is 0.00442. The van der Waals surface area contributed by atoms with Crippen LogP contribution in [0.5, 0.6) is 11.5 Å². The van der Waals surface area contributed by atoms with E-state index in [-0.39, 0.29) is 40.2 Å². The molecule has 0 amide bonds. The van der Waals surface area contributed by atoms with Crippen LogP contribution in [0, 0.1) is 20.2 Å². The fourth-order valence-corrected chi connectivity index (χ4v) is 4.02. The third-order valence-corrected chi connectivity index (χ3v) is 6.17. The second-order valence-electron chi connectivity index (χ2n) is 10.0. The Kier molecular flexibility index (Phi) is 22.9. The second kappa shape index (κ2) is 26.1. The highest BCUT2D eigenvalue weighted by Gasteiger charge is 2.23. The van der Waals surface area contributed by atoms with Crippen molar-refractivity contribution in [1.82, 2.24) is 0 Å². The van der Waals surface area contributed by atoms with Gasteiger partial charge in [0, 0.05) is 32.9 Å². The summed E-state index contributed by atoms with van der Waals surface area (Å²) < 4.78 is 32.9. The molecule has 0 fully saturated rings. The summed E-state index contributed by atoms with van der Waals surface area (Å²) >= 11 is 2.91. The van der Waals surface area contributed by atoms with Crippen LogP contribution in [0.4, 0.5) is 22.7 Å². The molecule has 0 atom stereocenters. The van der Waals surface area contributed by atoms with Gasteiger partial charge in [-0.25, -0.2) is 0 Å². The molecule has 0 saturated heterocycles. The number of hydrogen-bond donors (Lipinski definition) is 2. The van der Waals surface area contributed by atoms with Crippen molar-refractivity contribution in [2.75, 3.05) is 69.3 Å². The first-order valence-corrected chi connectivity index (χ1v) is 16.2. The lowest BCUT2D eigenvalue weighted by molar-refractivity contribution is -0.385. The first-order chi connectivity index (χ1) is 26.2. The van der Waals surface area contributed by atoms with Crippen molar-refractivity contribution in [3.8, 4) is 11.5 Å². The quantitative estimate of drug-likeness (QED) is 0.0509. The Labute approximate surface area is 325 Å². The maximum absolute atomic E-state index is 12.0. The molecule has 0 aromatic heterocycles. The van der Waals surface area contributed by atoms with E-state index >= 15 is 0 Å². The average Bonchev–Trinajstić information content (AvgIpc) is 3.10. The zero-order valence-corrected chi connectivity index (χ0v) is 31.9. The molecule has 2 N–H and O–H groups in total. The van der Waals surface area contributed by atoms with Gasteiger partial charge in [-0.3, -0.25) is 53.8 Å². The van der Waals surface area contributed by atoms with Crippen molar-refractivity contribution in [2.45, 2.75) is 20.8 Å². The normalized spacial score (nSPS) is 9.61. The zero-order chi connectivity index (χ0) is 43.0. The number of hydrogen-bond acceptors (Lipinski definition) is 20. The molecular weight excluding hydrogens is 828 g/mol. The number of halogens is 1. The maximum atomic E-state index is 12.0. The number of aliphatic carboxylic acids is 2. The molecule has 0 heterocycles. The van der Waals surface area contributed by atoms with Crippen LogP contribution >= 0.6 is 15.9 Å². The first-order valence-electron chi connectivity index (χ1n) is 15.1. The highest BCUT2D eigenvalue weighted by atomic mass is 79.9. The standard InChI is InChI=1S/C17H20N2O11.C11H12N2O7.C3H5BrO2/c1-11(20)27-9-29-16(22)7-18(8-17(23)30-10-28-12(2)21)14-5-4-13(19(24)25)6-15(14)26-3;1-20-9-4-7(13(18)19)2-3-8(9)12(5-10(14)15)6-11(16)17;1-3(5)6-2-4/h4-6H,7-10H2,1-3H3;2-4H,5-6H2,1H3,(H,14,15)(H,16,17);2H2,1H3. The smallest absolute Gasteiger partial charge is 0.328 e. The van der Waals surface area contributed by atoms with E-state index in [1.807, 2.05) is 0 Å². The van der Waals surface area contributed by atoms with Crippen molar-refractivity contribution < 1.29 is 86.8 Å². The van der Waals surface area contributed by atoms with E-state index in [2.05, 4.69) is 30.1 Å². The molecule has 0 saturated carbocycles. The summed E-state index contributed by atoms with van der Waals surface area (Å²) in [5.41, 5.74) is 0.0870. The summed E-state index contributed by atoms with van der Waals surface area (Å²) in [6.45, 7) is 0.188. The zero-order valence-electron chi connectivity index (χ0n) is 30.3. The Morgan fingerprint density at radius 1 is 0.607 bits per heavy atom. The molecule has 0 spiro atoms. The summed E-state index contributed by atoms with van der Waals surface area (Å²) in [4.78, 5) is 99.4. The largest absolute Gasteiger partial charge is 0.494 e. The molecule has 0 radical (unpaired) electrons. The molecule has 0 aliphatic carbocycles. The SMILES string of the molecule is CC(=O)OCBr.COc1cc([N+](=O)[O-])ccc1N(CC(=O)O)CC(=O)O.COc1cc([N+](=O)[O-])ccc1N(CC(=O)OCOC(C)=O)CC(=O)OCOC(C)=O. The fourth-order valence-electron chi connectivity index (χ4n) is 3.70. The van der Waals surface area contributed by atoms with Crippen molar-refractivity contribution in [3.63, 3.8) is 0 Å². The summed E-state index contributed by atoms with van der Waals surface area (Å²) in [6, 6.07) is 7.04. The number of carboxylic acid groups (broad SMARTS) is 2. The van der Waals surface area contributed by atoms with Gasteiger partial charge in [0.1, 0.15) is 43.2 Å². The molecule has 0 aliphatic heterocycles. The van der Waals surface area contributed by atoms with E-state index < -0.39 is 85.4 Å². The Balaban J connectivity index is 0.000000995. The number of ether oxygens (including phenoxy) is 7. The predicted octanol–water partition coefficient (Wildman–Crippen LogP) is 2.02. The minimum atomic E-state index is -1.23. The summed E-state index contributed by atoms with van der Waals surface area (Å²) in [7, 11) is 2.50. The van der Waals surface area contributed by atoms with Crippen LogP contribution in [0.2, 0.25) is 0 Å². The average molecular weight is 866 g/mol. The molecule has 24 nitrogen and oxygen atoms in total. The maximum Gasteiger partial charge on any atom is 0.328 e. The van der Waals surface area contributed by atoms with E-state index in [1.165, 1.54) is 33.3 Å². The molecule has 25 heteroatoms. The molecule has 56 heavy (non-hydrogen) atoms. The molecule has 0 aliphatic rings. The number of rotatable bonds is 19. The van der Waals surface area contributed by atoms with E-state index in [1.54, 1.807) is 0 Å². The number of carbonyl (C=O) groups is 7. The Hall–Kier alpha value is -6.79. The van der Waals surface area contributed by atoms with Gasteiger partial charge >= 0.3 is 41.8 Å². The Bertz CT molecular complexity index is 1670. The van der Waals surface area contributed by atoms with E-state index in [0.29, 0.717) is 5.52 Å². The number of methoxy groups -OCH3 is 2. The summed E-state index contributed by atoms with van der Waals surface area (Å²) in [5.74, 6) is -5.75. The third-order valence-electron chi connectivity index (χ3n) is 5.94. The van der Waals surface area contributed by atoms with Crippen molar-refractivity contribution in [2.24, 2.45) is 0 Å². The third kappa shape index (κ3) is 20.5. The number of esters is 5. The number of anilines is 2. The fraction of sp³-hybridized carbons (Fsp3) is 0.387. The summed E-state index contributed by atoms with van der Waals surface area (Å²) in [6.07, 6.45) is 0. The molecule has 308 valence electrons. The van der Waals surface area contributed by atoms with Crippen LogP contribution in [-0.4, -0.2) is 121 Å². The molecule has 2 aromatic carbocycles. The molecular formula is C31H37BrN4O20. The van der Waals surface area contributed by atoms with E-state index in [0.717, 1.165) is 47.9 Å². The van der Waals surface area contributed by atoms with Gasteiger partial charge in [0.25, 0.3) is 11.4 Å². The minimum Gasteiger partial charge on any atom is -0.494 e. The lowest BCUT2D eigenvalue weighted by atomic mass is 10.2. The van der Waals surface area contributed by atoms with Gasteiger partial charge in [0.05, 0.1) is 47.6 Å². The lowest BCUT2D eigenvalue weighted by Gasteiger charge is -2.24. The van der Waals surface area contributed by atoms with E-state index in [9.17, 15) is 53.8 Å². The van der Waals surface area contributed by atoms with Crippen LogP contribution in [0.25, 0.3) is 0 Å². The predicted molar refractivity (Wildman–Crippen MR) is 190 cm³/mol. The molecule has 2 aromatic rings. The highest BCUT2D eigenvalue weighted by molar-refractivity contribution is 9.09. The second-order valence-corrected chi connectivity index (χ2v) is 10.5. The number of nitrogens with zero attached hydrogens (tertiary/aromatic N) is 4. The Morgan fingerprint density at radius 3 is 1.20 bits per heavy atom. The summed E-state index contributed by atoms with van der Waals surface area (Å²) in [5, 5.41) is 39.2. The van der Waals surface area contributed by atoms with Gasteiger partial charge in [-0.2, -0.15) is 0 Å². The number of carbonyl (C=O) groups excluding carboxylic acids is 5. The number of alkyl halides is 1. The monoisotopic (exact) mass is 864 g/mol. The van der Waals surface area contributed by atoms with Crippen molar-refractivity contribution in [3.05, 3.63) is 56.6 Å². The van der Waals surface area contributed by atoms with Crippen LogP contribution in [0.1, 0.15) is 20.8 Å². The van der Waals surface area contributed by atoms with E-state index in [4.69, 9.17) is 29.2 Å². The number of nitro benzene ring substituents is 2. The number of carboxylic acids is 2. The first kappa shape index (κ1) is 49.2. The van der Waals surface area contributed by atoms with Crippen molar-refractivity contribution >= 4 is 80.5 Å². The molecule has 0 bridgehead atoms. The van der Waals surface area contributed by atoms with Gasteiger partial charge in [0.15, 0.2) is 0 Å². The number of benzene rings is 2. The van der Waals surface area contributed by atoms with Crippen LogP contribution in [-0.2, 0) is 57.2 Å². The number of non-ortho nitro benzene ring substituents is 2. The molecule has 2 rings (SSSR count). The molecule has 0 unspecified atom stereocenters. The highest BCUT2D eigenvalue weighted by Crippen LogP contribution is 2.33. The van der Waals surface area contributed by atoms with Crippen molar-refractivity contribution in [1.29, 1.82) is 0 Å². The van der Waals surface area contributed by atoms with Gasteiger partial charge in [-0.1, -0.05) is 0 Å². The van der Waals surface area contributed by atoms with Crippen LogP contribution < -0.4 is 19.3 Å². The van der Waals surface area contributed by atoms with Crippen LogP contribution in [0.3, 0.4) is 0 Å². The van der Waals surface area contributed by atoms with Crippen LogP contribution in [0.15, 0.2) is 36.4 Å². The topological polar surface area (TPSA) is 317 Å². The van der Waals surface area contributed by atoms with Gasteiger partial charge in [0.2, 0.25) is 13.6 Å². The Morgan fingerprint density at radius 2 is 0.946 bits per heavy atom. The van der Waals surface area contributed by atoms with Gasteiger partial charge in [-0.05, 0) is 28.1 Å². The number of nitro groups is 2. The van der Waals surface area contributed by atoms with Gasteiger partial charge < -0.3 is 53.2 Å².